The zero-order valence-electron chi connectivity index (χ0n) is 12.8. The van der Waals surface area contributed by atoms with E-state index in [0.717, 1.165) is 38.0 Å². The Morgan fingerprint density at radius 2 is 2.05 bits per heavy atom. The monoisotopic (exact) mass is 340 g/mol. The van der Waals surface area contributed by atoms with Crippen molar-refractivity contribution in [2.24, 2.45) is 0 Å². The van der Waals surface area contributed by atoms with Gasteiger partial charge < -0.3 is 10.2 Å². The average Bonchev–Trinajstić information content (AvgIpc) is 2.51. The van der Waals surface area contributed by atoms with Gasteiger partial charge in [0.2, 0.25) is 5.91 Å². The number of rotatable bonds is 5. The second-order valence-corrected chi connectivity index (χ2v) is 6.45. The lowest BCUT2D eigenvalue weighted by atomic mass is 10.0. The quantitative estimate of drug-likeness (QED) is 0.821. The van der Waals surface area contributed by atoms with Crippen LogP contribution in [0.2, 0.25) is 10.0 Å². The van der Waals surface area contributed by atoms with Crippen molar-refractivity contribution in [1.29, 1.82) is 0 Å². The third kappa shape index (κ3) is 5.31. The molecule has 0 aromatic heterocycles. The highest BCUT2D eigenvalue weighted by Gasteiger charge is 2.19. The molecule has 1 N–H and O–H groups in total. The molecule has 1 saturated heterocycles. The van der Waals surface area contributed by atoms with Crippen molar-refractivity contribution in [3.8, 4) is 0 Å². The van der Waals surface area contributed by atoms with Crippen molar-refractivity contribution in [2.75, 3.05) is 19.6 Å². The molecule has 1 aliphatic heterocycles. The van der Waals surface area contributed by atoms with Crippen LogP contribution in [0.5, 0.6) is 0 Å². The van der Waals surface area contributed by atoms with Crippen LogP contribution in [0.3, 0.4) is 0 Å². The molecule has 0 atom stereocenters. The van der Waals surface area contributed by atoms with Crippen LogP contribution in [0.15, 0.2) is 24.3 Å². The summed E-state index contributed by atoms with van der Waals surface area (Å²) in [5.41, 5.74) is 0.863. The summed E-state index contributed by atoms with van der Waals surface area (Å²) >= 11 is 11.8. The molecular formula is C17H22Cl2N2O. The number of carbonyl (C=O) groups excluding carboxylic acids is 1. The topological polar surface area (TPSA) is 32.3 Å². The van der Waals surface area contributed by atoms with Crippen LogP contribution in [-0.2, 0) is 4.79 Å². The maximum absolute atomic E-state index is 12.0. The predicted octanol–water partition coefficient (Wildman–Crippen LogP) is 4.00. The highest BCUT2D eigenvalue weighted by Crippen LogP contribution is 2.23. The summed E-state index contributed by atoms with van der Waals surface area (Å²) in [5.74, 6) is -0.0555. The Morgan fingerprint density at radius 3 is 2.68 bits per heavy atom. The summed E-state index contributed by atoms with van der Waals surface area (Å²) in [6.07, 6.45) is 6.53. The van der Waals surface area contributed by atoms with Gasteiger partial charge in [-0.15, -0.1) is 0 Å². The van der Waals surface area contributed by atoms with Crippen molar-refractivity contribution in [3.05, 3.63) is 39.9 Å². The van der Waals surface area contributed by atoms with Gasteiger partial charge in [-0.1, -0.05) is 36.2 Å². The third-order valence-corrected chi connectivity index (χ3v) is 4.58. The molecule has 0 bridgehead atoms. The van der Waals surface area contributed by atoms with Gasteiger partial charge in [0.15, 0.2) is 0 Å². The molecule has 2 rings (SSSR count). The highest BCUT2D eigenvalue weighted by molar-refractivity contribution is 6.42. The van der Waals surface area contributed by atoms with Gasteiger partial charge in [0.25, 0.3) is 0 Å². The van der Waals surface area contributed by atoms with Gasteiger partial charge in [-0.3, -0.25) is 4.79 Å². The smallest absolute Gasteiger partial charge is 0.244 e. The largest absolute Gasteiger partial charge is 0.350 e. The van der Waals surface area contributed by atoms with Crippen LogP contribution in [0.25, 0.3) is 6.08 Å². The second kappa shape index (κ2) is 8.56. The van der Waals surface area contributed by atoms with Crippen LogP contribution in [0, 0.1) is 0 Å². The molecule has 1 aromatic carbocycles. The van der Waals surface area contributed by atoms with Crippen molar-refractivity contribution < 1.29 is 4.79 Å². The number of nitrogens with zero attached hydrogens (tertiary/aromatic N) is 1. The van der Waals surface area contributed by atoms with Crippen molar-refractivity contribution in [3.63, 3.8) is 0 Å². The first-order valence-electron chi connectivity index (χ1n) is 7.74. The van der Waals surface area contributed by atoms with Gasteiger partial charge in [-0.25, -0.2) is 0 Å². The normalized spacial score (nSPS) is 17.0. The molecule has 1 aromatic rings. The van der Waals surface area contributed by atoms with E-state index in [-0.39, 0.29) is 11.9 Å². The van der Waals surface area contributed by atoms with E-state index in [1.165, 1.54) is 6.42 Å². The number of carbonyl (C=O) groups is 1. The highest BCUT2D eigenvalue weighted by atomic mass is 35.5. The third-order valence-electron chi connectivity index (χ3n) is 3.84. The van der Waals surface area contributed by atoms with Crippen LogP contribution in [0.1, 0.15) is 31.7 Å². The number of nitrogens with one attached hydrogen (secondary N) is 1. The van der Waals surface area contributed by atoms with Crippen molar-refractivity contribution >= 4 is 35.2 Å². The molecule has 120 valence electrons. The molecule has 0 spiro atoms. The fourth-order valence-corrected chi connectivity index (χ4v) is 2.96. The summed E-state index contributed by atoms with van der Waals surface area (Å²) in [6, 6.07) is 5.59. The molecule has 1 fully saturated rings. The van der Waals surface area contributed by atoms with E-state index in [2.05, 4.69) is 17.1 Å². The van der Waals surface area contributed by atoms with E-state index in [4.69, 9.17) is 23.2 Å². The zero-order chi connectivity index (χ0) is 15.9. The summed E-state index contributed by atoms with van der Waals surface area (Å²) < 4.78 is 0. The standard InChI is InChI=1S/C17H22Cl2N2O/c1-2-9-21-10-7-14(8-11-21)20-17(22)6-4-13-3-5-15(18)16(19)12-13/h3-6,12,14H,2,7-11H2,1H3,(H,20,22)/b6-4+. The minimum absolute atomic E-state index is 0.0555. The summed E-state index contributed by atoms with van der Waals surface area (Å²) in [5, 5.41) is 4.08. The van der Waals surface area contributed by atoms with Crippen LogP contribution >= 0.6 is 23.2 Å². The van der Waals surface area contributed by atoms with E-state index in [0.29, 0.717) is 10.0 Å². The Balaban J connectivity index is 1.80. The molecule has 0 saturated carbocycles. The molecule has 22 heavy (non-hydrogen) atoms. The lowest BCUT2D eigenvalue weighted by molar-refractivity contribution is -0.117. The molecular weight excluding hydrogens is 319 g/mol. The van der Waals surface area contributed by atoms with Gasteiger partial charge in [0.05, 0.1) is 10.0 Å². The minimum Gasteiger partial charge on any atom is -0.350 e. The molecule has 1 aliphatic rings. The van der Waals surface area contributed by atoms with Crippen molar-refractivity contribution in [1.82, 2.24) is 10.2 Å². The summed E-state index contributed by atoms with van der Waals surface area (Å²) in [4.78, 5) is 14.4. The molecule has 0 aliphatic carbocycles. The van der Waals surface area contributed by atoms with E-state index in [9.17, 15) is 4.79 Å². The van der Waals surface area contributed by atoms with Gasteiger partial charge in [-0.05, 0) is 49.6 Å². The van der Waals surface area contributed by atoms with E-state index in [1.54, 1.807) is 24.3 Å². The Bertz CT molecular complexity index is 537. The lowest BCUT2D eigenvalue weighted by Gasteiger charge is -2.31. The summed E-state index contributed by atoms with van der Waals surface area (Å²) in [6.45, 7) is 5.48. The Kier molecular flexibility index (Phi) is 6.74. The van der Waals surface area contributed by atoms with Crippen LogP contribution in [0.4, 0.5) is 0 Å². The van der Waals surface area contributed by atoms with Gasteiger partial charge in [0.1, 0.15) is 0 Å². The molecule has 0 radical (unpaired) electrons. The number of hydrogen-bond acceptors (Lipinski definition) is 2. The number of benzene rings is 1. The number of likely N-dealkylation sites (tertiary alicyclic amines) is 1. The Morgan fingerprint density at radius 1 is 1.32 bits per heavy atom. The average molecular weight is 341 g/mol. The first-order chi connectivity index (χ1) is 10.6. The molecule has 1 amide bonds. The van der Waals surface area contributed by atoms with Gasteiger partial charge in [-0.2, -0.15) is 0 Å². The number of halogens is 2. The van der Waals surface area contributed by atoms with Gasteiger partial charge >= 0.3 is 0 Å². The zero-order valence-corrected chi connectivity index (χ0v) is 14.3. The molecule has 1 heterocycles. The fraction of sp³-hybridized carbons (Fsp3) is 0.471. The SMILES string of the molecule is CCCN1CCC(NC(=O)/C=C/c2ccc(Cl)c(Cl)c2)CC1. The maximum atomic E-state index is 12.0. The number of hydrogen-bond donors (Lipinski definition) is 1. The van der Waals surface area contributed by atoms with Crippen LogP contribution in [-0.4, -0.2) is 36.5 Å². The van der Waals surface area contributed by atoms with Crippen LogP contribution < -0.4 is 5.32 Å². The maximum Gasteiger partial charge on any atom is 0.244 e. The fourth-order valence-electron chi connectivity index (χ4n) is 2.65. The lowest BCUT2D eigenvalue weighted by Crippen LogP contribution is -2.44. The first-order valence-corrected chi connectivity index (χ1v) is 8.50. The molecule has 5 heteroatoms. The number of amides is 1. The number of piperidine rings is 1. The predicted molar refractivity (Wildman–Crippen MR) is 93.4 cm³/mol. The van der Waals surface area contributed by atoms with Crippen molar-refractivity contribution in [2.45, 2.75) is 32.2 Å². The first kappa shape index (κ1) is 17.3. The minimum atomic E-state index is -0.0555. The second-order valence-electron chi connectivity index (χ2n) is 5.63. The van der Waals surface area contributed by atoms with E-state index in [1.807, 2.05) is 6.07 Å². The molecule has 0 unspecified atom stereocenters. The summed E-state index contributed by atoms with van der Waals surface area (Å²) in [7, 11) is 0. The Hall–Kier alpha value is -1.03. The van der Waals surface area contributed by atoms with E-state index < -0.39 is 0 Å². The van der Waals surface area contributed by atoms with E-state index >= 15 is 0 Å². The molecule has 3 nitrogen and oxygen atoms in total. The van der Waals surface area contributed by atoms with Gasteiger partial charge in [0, 0.05) is 25.2 Å². The Labute approximate surface area is 142 Å².